The third-order valence-corrected chi connectivity index (χ3v) is 3.30. The van der Waals surface area contributed by atoms with Gasteiger partial charge < -0.3 is 0 Å². The molecule has 0 radical (unpaired) electrons. The van der Waals surface area contributed by atoms with Gasteiger partial charge in [-0.15, -0.1) is 0 Å². The van der Waals surface area contributed by atoms with Crippen molar-refractivity contribution >= 4 is 11.4 Å². The average molecular weight is 280 g/mol. The second-order valence-electron chi connectivity index (χ2n) is 6.62. The first-order chi connectivity index (χ1) is 9.96. The van der Waals surface area contributed by atoms with Crippen LogP contribution in [0.5, 0.6) is 0 Å². The molecule has 0 unspecified atom stereocenters. The minimum Gasteiger partial charge on any atom is -0.151 e. The minimum absolute atomic E-state index is 0.310. The van der Waals surface area contributed by atoms with Crippen LogP contribution < -0.4 is 0 Å². The van der Waals surface area contributed by atoms with Crippen LogP contribution in [0.15, 0.2) is 58.8 Å². The van der Waals surface area contributed by atoms with Crippen molar-refractivity contribution in [3.05, 3.63) is 59.7 Å². The molecule has 0 atom stereocenters. The molecule has 0 aliphatic rings. The molecule has 2 aromatic rings. The minimum atomic E-state index is 0.310. The van der Waals surface area contributed by atoms with E-state index in [0.29, 0.717) is 5.41 Å². The lowest BCUT2D eigenvalue weighted by Gasteiger charge is -2.17. The van der Waals surface area contributed by atoms with Crippen molar-refractivity contribution in [3.8, 4) is 0 Å². The highest BCUT2D eigenvalue weighted by Gasteiger charge is 2.10. The Hall–Kier alpha value is -1.96. The van der Waals surface area contributed by atoms with Crippen LogP contribution in [0, 0.1) is 5.41 Å². The zero-order valence-electron chi connectivity index (χ0n) is 13.4. The first-order valence-electron chi connectivity index (χ1n) is 7.56. The first-order valence-corrected chi connectivity index (χ1v) is 7.56. The van der Waals surface area contributed by atoms with Crippen molar-refractivity contribution < 1.29 is 0 Å². The standard InChI is InChI=1S/C19H24N2/c1-5-15-6-10-17(11-7-15)20-21-18-12-8-16(9-13-18)14-19(2,3)4/h6-13H,5,14H2,1-4H3. The van der Waals surface area contributed by atoms with Crippen molar-refractivity contribution in [1.29, 1.82) is 0 Å². The Kier molecular flexibility index (Phi) is 4.89. The maximum Gasteiger partial charge on any atom is 0.0857 e. The van der Waals surface area contributed by atoms with Gasteiger partial charge in [-0.1, -0.05) is 52.0 Å². The molecule has 0 heterocycles. The molecular weight excluding hydrogens is 256 g/mol. The molecule has 21 heavy (non-hydrogen) atoms. The van der Waals surface area contributed by atoms with Gasteiger partial charge >= 0.3 is 0 Å². The van der Waals surface area contributed by atoms with Gasteiger partial charge in [0.25, 0.3) is 0 Å². The van der Waals surface area contributed by atoms with Crippen LogP contribution in [-0.2, 0) is 12.8 Å². The van der Waals surface area contributed by atoms with Crippen LogP contribution in [0.2, 0.25) is 0 Å². The molecular formula is C19H24N2. The van der Waals surface area contributed by atoms with Crippen molar-refractivity contribution in [3.63, 3.8) is 0 Å². The van der Waals surface area contributed by atoms with E-state index in [9.17, 15) is 0 Å². The summed E-state index contributed by atoms with van der Waals surface area (Å²) in [5, 5.41) is 8.58. The van der Waals surface area contributed by atoms with E-state index in [1.807, 2.05) is 24.3 Å². The van der Waals surface area contributed by atoms with Crippen LogP contribution in [-0.4, -0.2) is 0 Å². The van der Waals surface area contributed by atoms with E-state index in [2.05, 4.69) is 62.2 Å². The van der Waals surface area contributed by atoms with E-state index < -0.39 is 0 Å². The fraction of sp³-hybridized carbons (Fsp3) is 0.368. The Morgan fingerprint density at radius 3 is 1.52 bits per heavy atom. The van der Waals surface area contributed by atoms with Crippen LogP contribution in [0.3, 0.4) is 0 Å². The zero-order chi connectivity index (χ0) is 15.3. The lowest BCUT2D eigenvalue weighted by molar-refractivity contribution is 0.411. The summed E-state index contributed by atoms with van der Waals surface area (Å²) in [4.78, 5) is 0. The van der Waals surface area contributed by atoms with Gasteiger partial charge in [0.1, 0.15) is 0 Å². The van der Waals surface area contributed by atoms with Crippen LogP contribution in [0.1, 0.15) is 38.8 Å². The monoisotopic (exact) mass is 280 g/mol. The van der Waals surface area contributed by atoms with Crippen molar-refractivity contribution in [2.45, 2.75) is 40.5 Å². The van der Waals surface area contributed by atoms with Gasteiger partial charge in [0.15, 0.2) is 0 Å². The van der Waals surface area contributed by atoms with Gasteiger partial charge in [0.2, 0.25) is 0 Å². The van der Waals surface area contributed by atoms with Crippen molar-refractivity contribution in [2.24, 2.45) is 15.6 Å². The van der Waals surface area contributed by atoms with Gasteiger partial charge in [0, 0.05) is 0 Å². The van der Waals surface area contributed by atoms with E-state index >= 15 is 0 Å². The van der Waals surface area contributed by atoms with Gasteiger partial charge in [-0.25, -0.2) is 0 Å². The average Bonchev–Trinajstić information content (AvgIpc) is 2.45. The molecule has 0 aromatic heterocycles. The molecule has 0 fully saturated rings. The highest BCUT2D eigenvalue weighted by Crippen LogP contribution is 2.23. The molecule has 2 nitrogen and oxygen atoms in total. The number of hydrogen-bond acceptors (Lipinski definition) is 2. The third kappa shape index (κ3) is 5.14. The van der Waals surface area contributed by atoms with E-state index in [0.717, 1.165) is 24.2 Å². The summed E-state index contributed by atoms with van der Waals surface area (Å²) >= 11 is 0. The summed E-state index contributed by atoms with van der Waals surface area (Å²) < 4.78 is 0. The summed E-state index contributed by atoms with van der Waals surface area (Å²) in [6.45, 7) is 8.90. The number of benzene rings is 2. The van der Waals surface area contributed by atoms with Crippen molar-refractivity contribution in [2.75, 3.05) is 0 Å². The molecule has 110 valence electrons. The predicted molar refractivity (Wildman–Crippen MR) is 89.6 cm³/mol. The smallest absolute Gasteiger partial charge is 0.0857 e. The fourth-order valence-corrected chi connectivity index (χ4v) is 2.21. The molecule has 0 bridgehead atoms. The van der Waals surface area contributed by atoms with E-state index in [1.165, 1.54) is 11.1 Å². The van der Waals surface area contributed by atoms with Crippen molar-refractivity contribution in [1.82, 2.24) is 0 Å². The highest BCUT2D eigenvalue weighted by molar-refractivity contribution is 5.42. The Balaban J connectivity index is 2.03. The Bertz CT molecular complexity index is 587. The van der Waals surface area contributed by atoms with E-state index in [1.54, 1.807) is 0 Å². The zero-order valence-corrected chi connectivity index (χ0v) is 13.4. The molecule has 2 aromatic carbocycles. The molecule has 0 saturated heterocycles. The third-order valence-electron chi connectivity index (χ3n) is 3.30. The summed E-state index contributed by atoms with van der Waals surface area (Å²) in [5.41, 5.74) is 4.76. The van der Waals surface area contributed by atoms with Gasteiger partial charge in [0.05, 0.1) is 11.4 Å². The largest absolute Gasteiger partial charge is 0.151 e. The SMILES string of the molecule is CCc1ccc(N=Nc2ccc(CC(C)(C)C)cc2)cc1. The lowest BCUT2D eigenvalue weighted by Crippen LogP contribution is -2.08. The number of hydrogen-bond donors (Lipinski definition) is 0. The Labute approximate surface area is 127 Å². The molecule has 2 rings (SSSR count). The fourth-order valence-electron chi connectivity index (χ4n) is 2.21. The Morgan fingerprint density at radius 2 is 1.14 bits per heavy atom. The Morgan fingerprint density at radius 1 is 0.714 bits per heavy atom. The highest BCUT2D eigenvalue weighted by atomic mass is 15.1. The van der Waals surface area contributed by atoms with Gasteiger partial charge in [-0.05, 0) is 53.6 Å². The second-order valence-corrected chi connectivity index (χ2v) is 6.62. The number of nitrogens with zero attached hydrogens (tertiary/aromatic N) is 2. The second kappa shape index (κ2) is 6.66. The van der Waals surface area contributed by atoms with Gasteiger partial charge in [-0.3, -0.25) is 0 Å². The van der Waals surface area contributed by atoms with Crippen LogP contribution in [0.25, 0.3) is 0 Å². The van der Waals surface area contributed by atoms with Crippen LogP contribution in [0.4, 0.5) is 11.4 Å². The molecule has 0 amide bonds. The summed E-state index contributed by atoms with van der Waals surface area (Å²) in [6.07, 6.45) is 2.12. The number of azo groups is 1. The molecule has 0 aliphatic heterocycles. The summed E-state index contributed by atoms with van der Waals surface area (Å²) in [5.74, 6) is 0. The predicted octanol–water partition coefficient (Wildman–Crippen LogP) is 6.25. The molecule has 0 spiro atoms. The van der Waals surface area contributed by atoms with E-state index in [4.69, 9.17) is 0 Å². The normalized spacial score (nSPS) is 12.0. The van der Waals surface area contributed by atoms with Crippen LogP contribution >= 0.6 is 0 Å². The molecule has 0 N–H and O–H groups in total. The quantitative estimate of drug-likeness (QED) is 0.591. The molecule has 0 saturated carbocycles. The van der Waals surface area contributed by atoms with E-state index in [-0.39, 0.29) is 0 Å². The summed E-state index contributed by atoms with van der Waals surface area (Å²) in [7, 11) is 0. The number of rotatable bonds is 4. The van der Waals surface area contributed by atoms with Gasteiger partial charge in [-0.2, -0.15) is 10.2 Å². The molecule has 2 heteroatoms. The number of aryl methyl sites for hydroxylation is 1. The lowest BCUT2D eigenvalue weighted by atomic mass is 9.88. The topological polar surface area (TPSA) is 24.7 Å². The maximum atomic E-state index is 4.29. The maximum absolute atomic E-state index is 4.29. The first kappa shape index (κ1) is 15.4. The molecule has 0 aliphatic carbocycles. The summed E-state index contributed by atoms with van der Waals surface area (Å²) in [6, 6.07) is 16.6.